The van der Waals surface area contributed by atoms with Gasteiger partial charge in [0.2, 0.25) is 11.7 Å². The van der Waals surface area contributed by atoms with Gasteiger partial charge in [0.25, 0.3) is 5.89 Å². The number of rotatable bonds is 9. The third-order valence-electron chi connectivity index (χ3n) is 5.82. The van der Waals surface area contributed by atoms with Crippen molar-refractivity contribution in [3.05, 3.63) is 30.4 Å². The number of amides is 1. The van der Waals surface area contributed by atoms with Gasteiger partial charge in [-0.05, 0) is 50.9 Å². The second-order valence-corrected chi connectivity index (χ2v) is 8.12. The number of pyridine rings is 1. The van der Waals surface area contributed by atoms with E-state index in [0.717, 1.165) is 51.3 Å². The van der Waals surface area contributed by atoms with Crippen LogP contribution in [0.4, 0.5) is 0 Å². The first-order valence-corrected chi connectivity index (χ1v) is 10.6. The Morgan fingerprint density at radius 3 is 2.87 bits per heavy atom. The van der Waals surface area contributed by atoms with Gasteiger partial charge in [-0.15, -0.1) is 0 Å². The minimum Gasteiger partial charge on any atom is -0.381 e. The van der Waals surface area contributed by atoms with E-state index < -0.39 is 0 Å². The van der Waals surface area contributed by atoms with Crippen molar-refractivity contribution in [2.24, 2.45) is 5.41 Å². The Morgan fingerprint density at radius 1 is 1.27 bits per heavy atom. The smallest absolute Gasteiger partial charge is 0.252 e. The highest BCUT2D eigenvalue weighted by Crippen LogP contribution is 2.32. The summed E-state index contributed by atoms with van der Waals surface area (Å²) in [4.78, 5) is 23.2. The highest BCUT2D eigenvalue weighted by Gasteiger charge is 2.35. The van der Waals surface area contributed by atoms with E-state index in [4.69, 9.17) is 14.0 Å². The molecule has 0 bridgehead atoms. The van der Waals surface area contributed by atoms with Gasteiger partial charge in [-0.1, -0.05) is 5.16 Å². The molecule has 2 saturated heterocycles. The predicted molar refractivity (Wildman–Crippen MR) is 108 cm³/mol. The van der Waals surface area contributed by atoms with Crippen molar-refractivity contribution in [1.82, 2.24) is 25.3 Å². The summed E-state index contributed by atoms with van der Waals surface area (Å²) in [5.74, 6) is 0.653. The fraction of sp³-hybridized carbons (Fsp3) is 0.619. The van der Waals surface area contributed by atoms with E-state index in [-0.39, 0.29) is 24.5 Å². The highest BCUT2D eigenvalue weighted by molar-refractivity contribution is 5.77. The fourth-order valence-electron chi connectivity index (χ4n) is 4.10. The Morgan fingerprint density at radius 2 is 2.10 bits per heavy atom. The minimum absolute atomic E-state index is 0.0408. The summed E-state index contributed by atoms with van der Waals surface area (Å²) in [5, 5.41) is 6.98. The predicted octanol–water partition coefficient (Wildman–Crippen LogP) is 1.66. The number of aromatic nitrogens is 3. The van der Waals surface area contributed by atoms with Crippen molar-refractivity contribution in [2.75, 3.05) is 46.0 Å². The monoisotopic (exact) mass is 415 g/mol. The lowest BCUT2D eigenvalue weighted by molar-refractivity contribution is -0.127. The molecule has 1 N–H and O–H groups in total. The molecule has 0 unspecified atom stereocenters. The Kier molecular flexibility index (Phi) is 7.03. The molecule has 0 atom stereocenters. The maximum absolute atomic E-state index is 12.3. The number of likely N-dealkylation sites (tertiary alicyclic amines) is 1. The zero-order valence-electron chi connectivity index (χ0n) is 17.2. The van der Waals surface area contributed by atoms with Gasteiger partial charge < -0.3 is 24.2 Å². The van der Waals surface area contributed by atoms with Gasteiger partial charge in [-0.25, -0.2) is 0 Å². The molecule has 9 heteroatoms. The molecule has 9 nitrogen and oxygen atoms in total. The van der Waals surface area contributed by atoms with E-state index in [0.29, 0.717) is 18.3 Å². The molecule has 0 aromatic carbocycles. The van der Waals surface area contributed by atoms with Crippen LogP contribution in [0, 0.1) is 5.41 Å². The molecule has 30 heavy (non-hydrogen) atoms. The van der Waals surface area contributed by atoms with Crippen LogP contribution in [0.2, 0.25) is 0 Å². The number of nitrogens with one attached hydrogen (secondary N) is 1. The van der Waals surface area contributed by atoms with Crippen molar-refractivity contribution >= 4 is 5.91 Å². The van der Waals surface area contributed by atoms with E-state index in [2.05, 4.69) is 25.3 Å². The molecule has 2 aliphatic heterocycles. The van der Waals surface area contributed by atoms with Crippen LogP contribution in [0.3, 0.4) is 0 Å². The number of carbonyl (C=O) groups excluding carboxylic acids is 1. The first kappa shape index (κ1) is 20.9. The number of ether oxygens (including phenoxy) is 2. The van der Waals surface area contributed by atoms with Crippen LogP contribution in [0.25, 0.3) is 11.4 Å². The van der Waals surface area contributed by atoms with E-state index in [1.165, 1.54) is 12.8 Å². The zero-order chi connectivity index (χ0) is 20.7. The lowest BCUT2D eigenvalue weighted by atomic mass is 9.79. The van der Waals surface area contributed by atoms with E-state index in [1.807, 2.05) is 6.07 Å². The Bertz CT molecular complexity index is 801. The number of nitrogens with zero attached hydrogens (tertiary/aromatic N) is 4. The number of hydrogen-bond donors (Lipinski definition) is 1. The van der Waals surface area contributed by atoms with Crippen LogP contribution in [0.1, 0.15) is 31.6 Å². The fourth-order valence-corrected chi connectivity index (χ4v) is 4.10. The quantitative estimate of drug-likeness (QED) is 0.660. The van der Waals surface area contributed by atoms with Crippen molar-refractivity contribution in [1.29, 1.82) is 0 Å². The third kappa shape index (κ3) is 5.62. The summed E-state index contributed by atoms with van der Waals surface area (Å²) in [6.07, 6.45) is 7.84. The number of carbonyl (C=O) groups is 1. The molecular formula is C21H29N5O4. The molecule has 4 heterocycles. The summed E-state index contributed by atoms with van der Waals surface area (Å²) >= 11 is 0. The second-order valence-electron chi connectivity index (χ2n) is 8.12. The Hall–Kier alpha value is -2.36. The van der Waals surface area contributed by atoms with Gasteiger partial charge in [-0.2, -0.15) is 4.98 Å². The Balaban J connectivity index is 1.22. The van der Waals surface area contributed by atoms with Crippen LogP contribution in [-0.4, -0.2) is 71.9 Å². The summed E-state index contributed by atoms with van der Waals surface area (Å²) in [6.45, 7) is 5.56. The van der Waals surface area contributed by atoms with Gasteiger partial charge in [0.05, 0.1) is 0 Å². The largest absolute Gasteiger partial charge is 0.381 e. The lowest BCUT2D eigenvalue weighted by Gasteiger charge is -2.40. The molecule has 0 aliphatic carbocycles. The molecule has 4 rings (SSSR count). The average Bonchev–Trinajstić information content (AvgIpc) is 3.46. The first-order chi connectivity index (χ1) is 14.7. The highest BCUT2D eigenvalue weighted by atomic mass is 16.5. The SMILES string of the molecule is O=C(COCc1nc(-c2cccnc2)no1)NCC1(CN2CCCC2)CCOCC1. The van der Waals surface area contributed by atoms with E-state index in [1.54, 1.807) is 18.5 Å². The molecule has 2 aliphatic rings. The first-order valence-electron chi connectivity index (χ1n) is 10.6. The van der Waals surface area contributed by atoms with Crippen LogP contribution >= 0.6 is 0 Å². The molecular weight excluding hydrogens is 386 g/mol. The standard InChI is InChI=1S/C21H29N5O4/c27-18(13-29-14-19-24-20(25-30-19)17-4-3-7-22-12-17)23-15-21(5-10-28-11-6-21)16-26-8-1-2-9-26/h3-4,7,12H,1-2,5-6,8-11,13-16H2,(H,23,27). The lowest BCUT2D eigenvalue weighted by Crippen LogP contribution is -2.48. The summed E-state index contributed by atoms with van der Waals surface area (Å²) < 4.78 is 16.2. The van der Waals surface area contributed by atoms with Crippen LogP contribution < -0.4 is 5.32 Å². The average molecular weight is 415 g/mol. The summed E-state index contributed by atoms with van der Waals surface area (Å²) in [5.41, 5.74) is 0.855. The van der Waals surface area contributed by atoms with Gasteiger partial charge in [0.1, 0.15) is 13.2 Å². The molecule has 0 radical (unpaired) electrons. The molecule has 0 spiro atoms. The van der Waals surface area contributed by atoms with Crippen molar-refractivity contribution in [2.45, 2.75) is 32.3 Å². The minimum atomic E-state index is -0.130. The molecule has 2 aromatic rings. The van der Waals surface area contributed by atoms with Gasteiger partial charge in [0, 0.05) is 49.7 Å². The molecule has 0 saturated carbocycles. The van der Waals surface area contributed by atoms with Crippen LogP contribution in [0.15, 0.2) is 29.0 Å². The van der Waals surface area contributed by atoms with Crippen molar-refractivity contribution < 1.29 is 18.8 Å². The van der Waals surface area contributed by atoms with Crippen molar-refractivity contribution in [3.63, 3.8) is 0 Å². The van der Waals surface area contributed by atoms with Gasteiger partial charge >= 0.3 is 0 Å². The molecule has 1 amide bonds. The number of hydrogen-bond acceptors (Lipinski definition) is 8. The van der Waals surface area contributed by atoms with E-state index in [9.17, 15) is 4.79 Å². The third-order valence-corrected chi connectivity index (χ3v) is 5.82. The topological polar surface area (TPSA) is 103 Å². The summed E-state index contributed by atoms with van der Waals surface area (Å²) in [6, 6.07) is 3.66. The van der Waals surface area contributed by atoms with Crippen LogP contribution in [0.5, 0.6) is 0 Å². The van der Waals surface area contributed by atoms with Gasteiger partial charge in [-0.3, -0.25) is 9.78 Å². The van der Waals surface area contributed by atoms with E-state index >= 15 is 0 Å². The zero-order valence-corrected chi connectivity index (χ0v) is 17.2. The van der Waals surface area contributed by atoms with Gasteiger partial charge in [0.15, 0.2) is 0 Å². The van der Waals surface area contributed by atoms with Crippen LogP contribution in [-0.2, 0) is 20.9 Å². The maximum Gasteiger partial charge on any atom is 0.252 e. The second kappa shape index (κ2) is 10.1. The van der Waals surface area contributed by atoms with Crippen molar-refractivity contribution in [3.8, 4) is 11.4 Å². The molecule has 162 valence electrons. The maximum atomic E-state index is 12.3. The Labute approximate surface area is 176 Å². The molecule has 2 fully saturated rings. The summed E-state index contributed by atoms with van der Waals surface area (Å²) in [7, 11) is 0. The normalized spacial score (nSPS) is 19.1. The molecule has 2 aromatic heterocycles.